The molecule has 2 unspecified atom stereocenters. The van der Waals surface area contributed by atoms with Crippen molar-refractivity contribution in [1.29, 1.82) is 0 Å². The molecule has 0 saturated carbocycles. The van der Waals surface area contributed by atoms with Gasteiger partial charge in [-0.05, 0) is 44.0 Å². The molecule has 2 saturated heterocycles. The van der Waals surface area contributed by atoms with Crippen molar-refractivity contribution in [2.45, 2.75) is 31.3 Å². The van der Waals surface area contributed by atoms with Gasteiger partial charge in [0.2, 0.25) is 0 Å². The molecular formula is C14H17ClN2O2. The van der Waals surface area contributed by atoms with Crippen molar-refractivity contribution in [2.24, 2.45) is 0 Å². The number of hydrogen-bond donors (Lipinski definition) is 2. The smallest absolute Gasteiger partial charge is 0.253 e. The average molecular weight is 281 g/mol. The minimum Gasteiger partial charge on any atom is -0.508 e. The molecule has 0 spiro atoms. The molecule has 19 heavy (non-hydrogen) atoms. The zero-order chi connectivity index (χ0) is 13.4. The van der Waals surface area contributed by atoms with Crippen LogP contribution in [0.15, 0.2) is 18.2 Å². The molecule has 0 radical (unpaired) electrons. The molecule has 2 aliphatic rings. The van der Waals surface area contributed by atoms with Crippen molar-refractivity contribution in [3.05, 3.63) is 28.8 Å². The highest BCUT2D eigenvalue weighted by Gasteiger charge is 2.37. The van der Waals surface area contributed by atoms with Gasteiger partial charge in [0, 0.05) is 18.6 Å². The Morgan fingerprint density at radius 2 is 2.21 bits per heavy atom. The van der Waals surface area contributed by atoms with E-state index in [0.717, 1.165) is 25.9 Å². The van der Waals surface area contributed by atoms with Gasteiger partial charge >= 0.3 is 0 Å². The van der Waals surface area contributed by atoms with Crippen LogP contribution in [0.3, 0.4) is 0 Å². The van der Waals surface area contributed by atoms with Gasteiger partial charge in [-0.15, -0.1) is 0 Å². The third-order valence-corrected chi connectivity index (χ3v) is 4.45. The van der Waals surface area contributed by atoms with Crippen LogP contribution in [0, 0.1) is 0 Å². The summed E-state index contributed by atoms with van der Waals surface area (Å²) in [5.74, 6) is -0.136. The minimum atomic E-state index is -0.195. The summed E-state index contributed by atoms with van der Waals surface area (Å²) in [5, 5.41) is 12.9. The zero-order valence-corrected chi connectivity index (χ0v) is 11.4. The van der Waals surface area contributed by atoms with Crippen LogP contribution in [0.1, 0.15) is 29.6 Å². The number of rotatable bonds is 2. The number of hydrogen-bond acceptors (Lipinski definition) is 3. The third-order valence-electron chi connectivity index (χ3n) is 4.12. The SMILES string of the molecule is O=C(NC1CCN2CCCC12)c1cc(O)ccc1Cl. The fourth-order valence-corrected chi connectivity index (χ4v) is 3.39. The van der Waals surface area contributed by atoms with Crippen molar-refractivity contribution in [3.63, 3.8) is 0 Å². The van der Waals surface area contributed by atoms with E-state index in [-0.39, 0.29) is 17.7 Å². The number of phenolic OH excluding ortho intramolecular Hbond substituents is 1. The summed E-state index contributed by atoms with van der Waals surface area (Å²) in [7, 11) is 0. The molecule has 0 aromatic heterocycles. The second-order valence-corrected chi connectivity index (χ2v) is 5.69. The van der Waals surface area contributed by atoms with Gasteiger partial charge in [-0.1, -0.05) is 11.6 Å². The van der Waals surface area contributed by atoms with Crippen LogP contribution in [0.4, 0.5) is 0 Å². The summed E-state index contributed by atoms with van der Waals surface area (Å²) < 4.78 is 0. The maximum absolute atomic E-state index is 12.2. The quantitative estimate of drug-likeness (QED) is 0.871. The first-order chi connectivity index (χ1) is 9.15. The summed E-state index contributed by atoms with van der Waals surface area (Å²) in [6, 6.07) is 5.11. The Hall–Kier alpha value is -1.26. The van der Waals surface area contributed by atoms with Crippen molar-refractivity contribution in [1.82, 2.24) is 10.2 Å². The first kappa shape index (κ1) is 12.8. The first-order valence-corrected chi connectivity index (χ1v) is 7.06. The lowest BCUT2D eigenvalue weighted by Crippen LogP contribution is -2.42. The molecule has 1 aromatic rings. The number of phenols is 1. The molecule has 2 fully saturated rings. The Labute approximate surface area is 117 Å². The number of carbonyl (C=O) groups is 1. The Balaban J connectivity index is 1.73. The summed E-state index contributed by atoms with van der Waals surface area (Å²) in [4.78, 5) is 14.7. The highest BCUT2D eigenvalue weighted by molar-refractivity contribution is 6.33. The van der Waals surface area contributed by atoms with Crippen LogP contribution in [0.25, 0.3) is 0 Å². The van der Waals surface area contributed by atoms with Crippen LogP contribution < -0.4 is 5.32 Å². The van der Waals surface area contributed by atoms with Crippen LogP contribution in [-0.4, -0.2) is 41.1 Å². The number of benzene rings is 1. The monoisotopic (exact) mass is 280 g/mol. The standard InChI is InChI=1S/C14H17ClN2O2/c15-11-4-3-9(18)8-10(11)14(19)16-12-5-7-17-6-1-2-13(12)17/h3-4,8,12-13,18H,1-2,5-7H2,(H,16,19). The average Bonchev–Trinajstić information content (AvgIpc) is 2.97. The van der Waals surface area contributed by atoms with Crippen molar-refractivity contribution >= 4 is 17.5 Å². The molecule has 1 aromatic carbocycles. The molecule has 2 heterocycles. The van der Waals surface area contributed by atoms with E-state index in [4.69, 9.17) is 11.6 Å². The number of nitrogens with one attached hydrogen (secondary N) is 1. The molecule has 102 valence electrons. The molecular weight excluding hydrogens is 264 g/mol. The van der Waals surface area contributed by atoms with E-state index in [2.05, 4.69) is 10.2 Å². The van der Waals surface area contributed by atoms with Gasteiger partial charge in [0.05, 0.1) is 10.6 Å². The van der Waals surface area contributed by atoms with Crippen LogP contribution in [0.2, 0.25) is 5.02 Å². The first-order valence-electron chi connectivity index (χ1n) is 6.68. The van der Waals surface area contributed by atoms with E-state index >= 15 is 0 Å². The van der Waals surface area contributed by atoms with Gasteiger partial charge in [0.15, 0.2) is 0 Å². The zero-order valence-electron chi connectivity index (χ0n) is 10.6. The van der Waals surface area contributed by atoms with E-state index in [1.807, 2.05) is 0 Å². The highest BCUT2D eigenvalue weighted by atomic mass is 35.5. The largest absolute Gasteiger partial charge is 0.508 e. The van der Waals surface area contributed by atoms with E-state index in [1.165, 1.54) is 18.6 Å². The minimum absolute atomic E-state index is 0.0588. The molecule has 2 aliphatic heterocycles. The van der Waals surface area contributed by atoms with Gasteiger partial charge in [0.1, 0.15) is 5.75 Å². The van der Waals surface area contributed by atoms with Crippen molar-refractivity contribution in [2.75, 3.05) is 13.1 Å². The Bertz CT molecular complexity index is 506. The van der Waals surface area contributed by atoms with E-state index in [9.17, 15) is 9.90 Å². The summed E-state index contributed by atoms with van der Waals surface area (Å²) in [6.45, 7) is 2.20. The van der Waals surface area contributed by atoms with Gasteiger partial charge in [-0.25, -0.2) is 0 Å². The topological polar surface area (TPSA) is 52.6 Å². The Morgan fingerprint density at radius 1 is 1.37 bits per heavy atom. The maximum atomic E-state index is 12.2. The highest BCUT2D eigenvalue weighted by Crippen LogP contribution is 2.28. The van der Waals surface area contributed by atoms with Crippen LogP contribution in [-0.2, 0) is 0 Å². The number of fused-ring (bicyclic) bond motifs is 1. The normalized spacial score (nSPS) is 26.4. The summed E-state index contributed by atoms with van der Waals surface area (Å²) in [6.07, 6.45) is 3.36. The van der Waals surface area contributed by atoms with E-state index in [0.29, 0.717) is 16.6 Å². The fourth-order valence-electron chi connectivity index (χ4n) is 3.18. The van der Waals surface area contributed by atoms with Crippen LogP contribution in [0.5, 0.6) is 5.75 Å². The predicted octanol–water partition coefficient (Wildman–Crippen LogP) is 2.01. The number of amides is 1. The number of nitrogens with zero attached hydrogens (tertiary/aromatic N) is 1. The molecule has 2 atom stereocenters. The molecule has 0 aliphatic carbocycles. The molecule has 2 N–H and O–H groups in total. The van der Waals surface area contributed by atoms with Crippen LogP contribution >= 0.6 is 11.6 Å². The number of aromatic hydroxyl groups is 1. The molecule has 5 heteroatoms. The van der Waals surface area contributed by atoms with Crippen molar-refractivity contribution in [3.8, 4) is 5.75 Å². The van der Waals surface area contributed by atoms with Crippen molar-refractivity contribution < 1.29 is 9.90 Å². The predicted molar refractivity (Wildman–Crippen MR) is 73.6 cm³/mol. The van der Waals surface area contributed by atoms with Gasteiger partial charge in [0.25, 0.3) is 5.91 Å². The molecule has 4 nitrogen and oxygen atoms in total. The lowest BCUT2D eigenvalue weighted by atomic mass is 10.1. The Morgan fingerprint density at radius 3 is 3.05 bits per heavy atom. The summed E-state index contributed by atoms with van der Waals surface area (Å²) >= 11 is 6.01. The molecule has 1 amide bonds. The maximum Gasteiger partial charge on any atom is 0.253 e. The van der Waals surface area contributed by atoms with E-state index < -0.39 is 0 Å². The van der Waals surface area contributed by atoms with Gasteiger partial charge in [-0.3, -0.25) is 9.69 Å². The third kappa shape index (κ3) is 2.42. The molecule has 0 bridgehead atoms. The Kier molecular flexibility index (Phi) is 3.37. The lowest BCUT2D eigenvalue weighted by Gasteiger charge is -2.21. The fraction of sp³-hybridized carbons (Fsp3) is 0.500. The second-order valence-electron chi connectivity index (χ2n) is 5.28. The molecule has 3 rings (SSSR count). The number of halogens is 1. The van der Waals surface area contributed by atoms with E-state index in [1.54, 1.807) is 6.07 Å². The number of carbonyl (C=O) groups excluding carboxylic acids is 1. The second kappa shape index (κ2) is 5.02. The van der Waals surface area contributed by atoms with Gasteiger partial charge in [-0.2, -0.15) is 0 Å². The van der Waals surface area contributed by atoms with Gasteiger partial charge < -0.3 is 10.4 Å². The summed E-state index contributed by atoms with van der Waals surface area (Å²) in [5.41, 5.74) is 0.345. The lowest BCUT2D eigenvalue weighted by molar-refractivity contribution is 0.0929.